The third-order valence-electron chi connectivity index (χ3n) is 6.27. The predicted octanol–water partition coefficient (Wildman–Crippen LogP) is 5.07. The minimum absolute atomic E-state index is 0.00801. The highest BCUT2D eigenvalue weighted by Gasteiger charge is 2.30. The Kier molecular flexibility index (Phi) is 9.10. The average molecular weight is 490 g/mol. The number of carbonyl (C=O) groups excluding carboxylic acids is 2. The Morgan fingerprint density at radius 2 is 1.67 bits per heavy atom. The largest absolute Gasteiger partial charge is 0.383 e. The van der Waals surface area contributed by atoms with Crippen LogP contribution in [0.5, 0.6) is 0 Å². The number of benzene rings is 2. The Hall–Kier alpha value is -3.38. The maximum Gasteiger partial charge on any atom is 0.254 e. The van der Waals surface area contributed by atoms with E-state index in [1.807, 2.05) is 62.9 Å². The summed E-state index contributed by atoms with van der Waals surface area (Å²) in [6, 6.07) is 20.0. The third-order valence-corrected chi connectivity index (χ3v) is 6.27. The molecular weight excluding hydrogens is 450 g/mol. The zero-order chi connectivity index (χ0) is 26.3. The molecule has 0 saturated heterocycles. The zero-order valence-electron chi connectivity index (χ0n) is 22.5. The predicted molar refractivity (Wildman–Crippen MR) is 144 cm³/mol. The van der Waals surface area contributed by atoms with E-state index in [1.165, 1.54) is 11.1 Å². The van der Waals surface area contributed by atoms with Gasteiger partial charge in [-0.15, -0.1) is 0 Å². The van der Waals surface area contributed by atoms with Gasteiger partial charge in [0.15, 0.2) is 0 Å². The van der Waals surface area contributed by atoms with Gasteiger partial charge in [0.05, 0.1) is 13.2 Å². The number of ether oxygens (including phenoxy) is 1. The van der Waals surface area contributed by atoms with Crippen LogP contribution in [-0.2, 0) is 22.6 Å². The van der Waals surface area contributed by atoms with Gasteiger partial charge in [-0.2, -0.15) is 0 Å². The monoisotopic (exact) mass is 489 g/mol. The van der Waals surface area contributed by atoms with Crippen molar-refractivity contribution in [2.45, 2.75) is 53.2 Å². The van der Waals surface area contributed by atoms with Gasteiger partial charge in [-0.25, -0.2) is 0 Å². The van der Waals surface area contributed by atoms with Crippen LogP contribution < -0.4 is 0 Å². The molecule has 1 aromatic heterocycles. The molecule has 1 heterocycles. The molecule has 0 atom stereocenters. The summed E-state index contributed by atoms with van der Waals surface area (Å²) in [7, 11) is 1.60. The third kappa shape index (κ3) is 7.31. The number of aromatic nitrogens is 1. The van der Waals surface area contributed by atoms with Crippen molar-refractivity contribution in [2.75, 3.05) is 26.8 Å². The number of hydrogen-bond acceptors (Lipinski definition) is 3. The number of carbonyl (C=O) groups is 2. The second kappa shape index (κ2) is 12.0. The number of amides is 2. The van der Waals surface area contributed by atoms with E-state index in [2.05, 4.69) is 48.0 Å². The van der Waals surface area contributed by atoms with Crippen LogP contribution in [0.4, 0.5) is 0 Å². The van der Waals surface area contributed by atoms with Crippen LogP contribution in [0.15, 0.2) is 66.9 Å². The van der Waals surface area contributed by atoms with Crippen molar-refractivity contribution in [3.05, 3.63) is 94.8 Å². The van der Waals surface area contributed by atoms with Gasteiger partial charge in [-0.05, 0) is 64.4 Å². The average Bonchev–Trinajstić information content (AvgIpc) is 3.26. The first-order valence-electron chi connectivity index (χ1n) is 12.4. The first-order chi connectivity index (χ1) is 17.1. The highest BCUT2D eigenvalue weighted by atomic mass is 16.5. The highest BCUT2D eigenvalue weighted by Crippen LogP contribution is 2.20. The molecular formula is C30H39N3O3. The van der Waals surface area contributed by atoms with Crippen molar-refractivity contribution < 1.29 is 14.3 Å². The molecule has 2 amide bonds. The van der Waals surface area contributed by atoms with E-state index in [4.69, 9.17) is 4.74 Å². The molecule has 0 saturated carbocycles. The lowest BCUT2D eigenvalue weighted by Gasteiger charge is -2.37. The summed E-state index contributed by atoms with van der Waals surface area (Å²) in [6.07, 6.45) is 2.05. The molecule has 36 heavy (non-hydrogen) atoms. The lowest BCUT2D eigenvalue weighted by Crippen LogP contribution is -2.50. The number of methoxy groups -OCH3 is 1. The topological polar surface area (TPSA) is 54.8 Å². The van der Waals surface area contributed by atoms with Gasteiger partial charge in [0.1, 0.15) is 6.54 Å². The molecule has 0 N–H and O–H groups in total. The minimum atomic E-state index is -0.421. The molecule has 0 spiro atoms. The van der Waals surface area contributed by atoms with Crippen molar-refractivity contribution in [1.82, 2.24) is 14.4 Å². The van der Waals surface area contributed by atoms with Gasteiger partial charge in [0, 0.05) is 43.2 Å². The molecule has 0 bridgehead atoms. The molecule has 0 aliphatic rings. The molecule has 0 fully saturated rings. The Morgan fingerprint density at radius 3 is 2.31 bits per heavy atom. The summed E-state index contributed by atoms with van der Waals surface area (Å²) in [5.41, 5.74) is 4.72. The van der Waals surface area contributed by atoms with Crippen molar-refractivity contribution in [3.8, 4) is 0 Å². The molecule has 6 heteroatoms. The van der Waals surface area contributed by atoms with E-state index in [0.717, 1.165) is 17.8 Å². The minimum Gasteiger partial charge on any atom is -0.383 e. The van der Waals surface area contributed by atoms with Gasteiger partial charge in [-0.3, -0.25) is 9.59 Å². The summed E-state index contributed by atoms with van der Waals surface area (Å²) < 4.78 is 7.41. The van der Waals surface area contributed by atoms with Crippen LogP contribution in [0.3, 0.4) is 0 Å². The van der Waals surface area contributed by atoms with E-state index < -0.39 is 5.54 Å². The lowest BCUT2D eigenvalue weighted by molar-refractivity contribution is -0.137. The lowest BCUT2D eigenvalue weighted by atomic mass is 10.0. The van der Waals surface area contributed by atoms with E-state index >= 15 is 0 Å². The summed E-state index contributed by atoms with van der Waals surface area (Å²) in [5.74, 6) is -0.264. The molecule has 0 unspecified atom stereocenters. The van der Waals surface area contributed by atoms with Crippen molar-refractivity contribution in [2.24, 2.45) is 0 Å². The zero-order valence-corrected chi connectivity index (χ0v) is 22.5. The number of aryl methyl sites for hydroxylation is 2. The molecule has 192 valence electrons. The van der Waals surface area contributed by atoms with Gasteiger partial charge >= 0.3 is 0 Å². The highest BCUT2D eigenvalue weighted by molar-refractivity contribution is 5.96. The summed E-state index contributed by atoms with van der Waals surface area (Å²) in [6.45, 7) is 12.0. The van der Waals surface area contributed by atoms with Crippen LogP contribution in [0.1, 0.15) is 53.5 Å². The van der Waals surface area contributed by atoms with Crippen molar-refractivity contribution in [3.63, 3.8) is 0 Å². The fraction of sp³-hybridized carbons (Fsp3) is 0.400. The summed E-state index contributed by atoms with van der Waals surface area (Å²) in [5, 5.41) is 0. The normalized spacial score (nSPS) is 11.4. The fourth-order valence-electron chi connectivity index (χ4n) is 4.20. The summed E-state index contributed by atoms with van der Waals surface area (Å²) in [4.78, 5) is 30.4. The molecule has 3 aromatic rings. The number of hydrogen-bond donors (Lipinski definition) is 0. The van der Waals surface area contributed by atoms with Crippen molar-refractivity contribution >= 4 is 11.8 Å². The molecule has 0 radical (unpaired) electrons. The first-order valence-corrected chi connectivity index (χ1v) is 12.4. The second-order valence-corrected chi connectivity index (χ2v) is 10.4. The Balaban J connectivity index is 1.80. The molecule has 0 aliphatic carbocycles. The molecule has 0 aliphatic heterocycles. The van der Waals surface area contributed by atoms with Gasteiger partial charge in [-0.1, -0.05) is 47.5 Å². The van der Waals surface area contributed by atoms with E-state index in [-0.39, 0.29) is 18.4 Å². The standard InChI is InChI=1S/C30H39N3O3/c1-23-12-14-26(15-13-23)29(35)32(17-18-36-6)22-28(34)33(30(3,4)5)21-27-11-8-16-31(27)20-25-10-7-9-24(2)19-25/h7-16,19H,17-18,20-22H2,1-6H3. The van der Waals surface area contributed by atoms with Crippen LogP contribution in [-0.4, -0.2) is 58.5 Å². The molecule has 6 nitrogen and oxygen atoms in total. The van der Waals surface area contributed by atoms with Crippen LogP contribution >= 0.6 is 0 Å². The van der Waals surface area contributed by atoms with E-state index in [9.17, 15) is 9.59 Å². The molecule has 2 aromatic carbocycles. The Bertz CT molecular complexity index is 1160. The maximum absolute atomic E-state index is 13.7. The van der Waals surface area contributed by atoms with Crippen molar-refractivity contribution in [1.29, 1.82) is 0 Å². The second-order valence-electron chi connectivity index (χ2n) is 10.4. The maximum atomic E-state index is 13.7. The number of rotatable bonds is 10. The molecule has 3 rings (SSSR count). The SMILES string of the molecule is COCCN(CC(=O)N(Cc1cccn1Cc1cccc(C)c1)C(C)(C)C)C(=O)c1ccc(C)cc1. The Labute approximate surface area is 215 Å². The van der Waals surface area contributed by atoms with Crippen LogP contribution in [0, 0.1) is 13.8 Å². The number of nitrogens with zero attached hydrogens (tertiary/aromatic N) is 3. The first kappa shape index (κ1) is 27.2. The fourth-order valence-corrected chi connectivity index (χ4v) is 4.20. The Morgan fingerprint density at radius 1 is 0.944 bits per heavy atom. The van der Waals surface area contributed by atoms with E-state index in [1.54, 1.807) is 12.0 Å². The van der Waals surface area contributed by atoms with Gasteiger partial charge in [0.25, 0.3) is 5.91 Å². The van der Waals surface area contributed by atoms with Gasteiger partial charge in [0.2, 0.25) is 5.91 Å². The van der Waals surface area contributed by atoms with E-state index in [0.29, 0.717) is 25.3 Å². The summed E-state index contributed by atoms with van der Waals surface area (Å²) >= 11 is 0. The van der Waals surface area contributed by atoms with Crippen LogP contribution in [0.2, 0.25) is 0 Å². The van der Waals surface area contributed by atoms with Gasteiger partial charge < -0.3 is 19.1 Å². The van der Waals surface area contributed by atoms with Crippen LogP contribution in [0.25, 0.3) is 0 Å². The smallest absolute Gasteiger partial charge is 0.254 e. The quantitative estimate of drug-likeness (QED) is 0.400.